The molecule has 0 spiro atoms. The molecular weight excluding hydrogens is 461 g/mol. The molecular formula is C23H20F5N3O3. The second kappa shape index (κ2) is 8.15. The number of fused-ring (bicyclic) bond motifs is 1. The highest BCUT2D eigenvalue weighted by Gasteiger charge is 2.57. The zero-order valence-corrected chi connectivity index (χ0v) is 18.1. The highest BCUT2D eigenvalue weighted by Crippen LogP contribution is 2.50. The first kappa shape index (κ1) is 23.8. The van der Waals surface area contributed by atoms with E-state index in [0.717, 1.165) is 25.1 Å². The first-order valence-corrected chi connectivity index (χ1v) is 10.3. The third kappa shape index (κ3) is 3.83. The van der Waals surface area contributed by atoms with E-state index < -0.39 is 59.6 Å². The molecule has 0 unspecified atom stereocenters. The SMILES string of the molecule is Cc1c(F)ccc([C@@H]2C[C@](C)(C(F)(F)F)OC[C@H]2c2cc(=O)c3c(C(N)=O)nccc3[nH]2)c1F. The summed E-state index contributed by atoms with van der Waals surface area (Å²) in [5.74, 6) is -4.71. The first-order chi connectivity index (χ1) is 15.8. The number of nitrogens with one attached hydrogen (secondary N) is 1. The third-order valence-corrected chi connectivity index (χ3v) is 6.42. The van der Waals surface area contributed by atoms with Gasteiger partial charge in [-0.15, -0.1) is 0 Å². The van der Waals surface area contributed by atoms with Crippen LogP contribution in [0.15, 0.2) is 35.3 Å². The van der Waals surface area contributed by atoms with Crippen LogP contribution in [0.4, 0.5) is 22.0 Å². The minimum Gasteiger partial charge on any atom is -0.365 e. The number of alkyl halides is 3. The predicted molar refractivity (Wildman–Crippen MR) is 112 cm³/mol. The van der Waals surface area contributed by atoms with E-state index in [1.807, 2.05) is 0 Å². The minimum atomic E-state index is -4.75. The fourth-order valence-electron chi connectivity index (χ4n) is 4.42. The van der Waals surface area contributed by atoms with Crippen LogP contribution >= 0.6 is 0 Å². The smallest absolute Gasteiger partial charge is 0.365 e. The molecule has 0 bridgehead atoms. The molecule has 2 aromatic heterocycles. The number of aromatic amines is 1. The van der Waals surface area contributed by atoms with E-state index in [4.69, 9.17) is 10.5 Å². The molecule has 4 rings (SSSR count). The molecule has 0 saturated carbocycles. The molecule has 3 heterocycles. The summed E-state index contributed by atoms with van der Waals surface area (Å²) in [5, 5.41) is -0.0732. The van der Waals surface area contributed by atoms with E-state index in [-0.39, 0.29) is 33.4 Å². The summed E-state index contributed by atoms with van der Waals surface area (Å²) in [5.41, 5.74) is 1.74. The maximum Gasteiger partial charge on any atom is 0.417 e. The standard InChI is InChI=1S/C23H20F5N3O3/c1-10-14(24)4-3-11(19(10)25)12-8-22(2,23(26,27)28)34-9-13(12)16-7-17(32)18-15(31-16)5-6-30-20(18)21(29)33/h3-7,12-13H,8-9H2,1-2H3,(H2,29,33)(H,31,32)/t12-,13+,22+/m0/s1. The van der Waals surface area contributed by atoms with Crippen LogP contribution in [0.1, 0.15) is 52.5 Å². The number of ether oxygens (including phenoxy) is 1. The number of hydrogen-bond donors (Lipinski definition) is 2. The molecule has 3 N–H and O–H groups in total. The molecule has 1 fully saturated rings. The van der Waals surface area contributed by atoms with Gasteiger partial charge >= 0.3 is 6.18 Å². The van der Waals surface area contributed by atoms with E-state index in [1.54, 1.807) is 0 Å². The van der Waals surface area contributed by atoms with Crippen molar-refractivity contribution in [1.82, 2.24) is 9.97 Å². The van der Waals surface area contributed by atoms with E-state index in [1.165, 1.54) is 19.2 Å². The lowest BCUT2D eigenvalue weighted by atomic mass is 9.74. The fraction of sp³-hybridized carbons (Fsp3) is 0.348. The van der Waals surface area contributed by atoms with Crippen molar-refractivity contribution in [3.8, 4) is 0 Å². The lowest BCUT2D eigenvalue weighted by molar-refractivity contribution is -0.286. The Bertz CT molecular complexity index is 1350. The van der Waals surface area contributed by atoms with Crippen molar-refractivity contribution < 1.29 is 31.5 Å². The van der Waals surface area contributed by atoms with Gasteiger partial charge in [0.25, 0.3) is 5.91 Å². The largest absolute Gasteiger partial charge is 0.417 e. The Labute approximate surface area is 189 Å². The van der Waals surface area contributed by atoms with Crippen molar-refractivity contribution in [2.24, 2.45) is 5.73 Å². The highest BCUT2D eigenvalue weighted by molar-refractivity contribution is 6.03. The summed E-state index contributed by atoms with van der Waals surface area (Å²) < 4.78 is 75.6. The second-order valence-electron chi connectivity index (χ2n) is 8.57. The number of nitrogens with zero attached hydrogens (tertiary/aromatic N) is 1. The summed E-state index contributed by atoms with van der Waals surface area (Å²) in [7, 11) is 0. The first-order valence-electron chi connectivity index (χ1n) is 10.3. The number of amides is 1. The summed E-state index contributed by atoms with van der Waals surface area (Å²) in [6.45, 7) is 1.58. The number of carbonyl (C=O) groups is 1. The minimum absolute atomic E-state index is 0.0732. The van der Waals surface area contributed by atoms with Gasteiger partial charge < -0.3 is 15.5 Å². The second-order valence-corrected chi connectivity index (χ2v) is 8.57. The van der Waals surface area contributed by atoms with Gasteiger partial charge in [-0.05, 0) is 38.0 Å². The maximum absolute atomic E-state index is 15.1. The maximum atomic E-state index is 15.1. The number of nitrogens with two attached hydrogens (primary N) is 1. The Morgan fingerprint density at radius 3 is 2.59 bits per heavy atom. The molecule has 1 saturated heterocycles. The molecule has 3 aromatic rings. The van der Waals surface area contributed by atoms with Crippen LogP contribution in [0.3, 0.4) is 0 Å². The number of rotatable bonds is 3. The number of benzene rings is 1. The van der Waals surface area contributed by atoms with Gasteiger partial charge in [0.05, 0.1) is 17.5 Å². The van der Waals surface area contributed by atoms with Crippen LogP contribution in [-0.4, -0.2) is 34.3 Å². The van der Waals surface area contributed by atoms with Crippen molar-refractivity contribution in [3.63, 3.8) is 0 Å². The molecule has 3 atom stereocenters. The van der Waals surface area contributed by atoms with E-state index in [0.29, 0.717) is 0 Å². The predicted octanol–water partition coefficient (Wildman–Crippen LogP) is 4.22. The molecule has 1 aromatic carbocycles. The highest BCUT2D eigenvalue weighted by atomic mass is 19.4. The Hall–Kier alpha value is -3.34. The molecule has 180 valence electrons. The number of primary amides is 1. The molecule has 1 aliphatic rings. The summed E-state index contributed by atoms with van der Waals surface area (Å²) >= 11 is 0. The van der Waals surface area contributed by atoms with E-state index in [9.17, 15) is 27.2 Å². The fourth-order valence-corrected chi connectivity index (χ4v) is 4.42. The van der Waals surface area contributed by atoms with Gasteiger partial charge in [0.1, 0.15) is 17.3 Å². The molecule has 6 nitrogen and oxygen atoms in total. The zero-order chi connectivity index (χ0) is 25.0. The van der Waals surface area contributed by atoms with Crippen molar-refractivity contribution in [1.29, 1.82) is 0 Å². The molecule has 11 heteroatoms. The summed E-state index contributed by atoms with van der Waals surface area (Å²) in [6.07, 6.45) is -4.16. The van der Waals surface area contributed by atoms with E-state index >= 15 is 4.39 Å². The van der Waals surface area contributed by atoms with Crippen molar-refractivity contribution >= 4 is 16.8 Å². The number of pyridine rings is 2. The monoisotopic (exact) mass is 481 g/mol. The lowest BCUT2D eigenvalue weighted by Crippen LogP contribution is -2.51. The van der Waals surface area contributed by atoms with Gasteiger partial charge in [-0.3, -0.25) is 14.6 Å². The number of halogens is 5. The molecule has 1 amide bonds. The van der Waals surface area contributed by atoms with E-state index in [2.05, 4.69) is 9.97 Å². The van der Waals surface area contributed by atoms with Crippen molar-refractivity contribution in [2.75, 3.05) is 6.61 Å². The van der Waals surface area contributed by atoms with Gasteiger partial charge in [0.2, 0.25) is 0 Å². The number of H-pyrrole nitrogens is 1. The van der Waals surface area contributed by atoms with Crippen LogP contribution in [0.5, 0.6) is 0 Å². The van der Waals surface area contributed by atoms with Crippen LogP contribution in [0, 0.1) is 18.6 Å². The van der Waals surface area contributed by atoms with Crippen LogP contribution in [0.25, 0.3) is 10.9 Å². The van der Waals surface area contributed by atoms with Gasteiger partial charge in [0, 0.05) is 35.4 Å². The quantitative estimate of drug-likeness (QED) is 0.548. The Kier molecular flexibility index (Phi) is 5.71. The molecule has 0 aliphatic carbocycles. The molecule has 1 aliphatic heterocycles. The Morgan fingerprint density at radius 1 is 1.24 bits per heavy atom. The number of carbonyl (C=O) groups excluding carboxylic acids is 1. The van der Waals surface area contributed by atoms with Crippen LogP contribution in [0.2, 0.25) is 0 Å². The Morgan fingerprint density at radius 2 is 1.94 bits per heavy atom. The van der Waals surface area contributed by atoms with Crippen LogP contribution in [-0.2, 0) is 4.74 Å². The summed E-state index contributed by atoms with van der Waals surface area (Å²) in [4.78, 5) is 31.3. The molecule has 34 heavy (non-hydrogen) atoms. The zero-order valence-electron chi connectivity index (χ0n) is 18.1. The average molecular weight is 481 g/mol. The number of hydrogen-bond acceptors (Lipinski definition) is 4. The normalized spacial score (nSPS) is 23.3. The van der Waals surface area contributed by atoms with Gasteiger partial charge in [-0.25, -0.2) is 8.78 Å². The van der Waals surface area contributed by atoms with Gasteiger partial charge in [-0.2, -0.15) is 13.2 Å². The summed E-state index contributed by atoms with van der Waals surface area (Å²) in [6, 6.07) is 4.64. The van der Waals surface area contributed by atoms with Crippen molar-refractivity contribution in [2.45, 2.75) is 43.9 Å². The topological polar surface area (TPSA) is 98.1 Å². The van der Waals surface area contributed by atoms with Gasteiger partial charge in [0.15, 0.2) is 11.0 Å². The third-order valence-electron chi connectivity index (χ3n) is 6.42. The number of aromatic nitrogens is 2. The van der Waals surface area contributed by atoms with Crippen molar-refractivity contribution in [3.05, 3.63) is 74.8 Å². The van der Waals surface area contributed by atoms with Gasteiger partial charge in [-0.1, -0.05) is 6.07 Å². The molecule has 0 radical (unpaired) electrons. The Balaban J connectivity index is 1.89. The van der Waals surface area contributed by atoms with Crippen LogP contribution < -0.4 is 11.2 Å². The lowest BCUT2D eigenvalue weighted by Gasteiger charge is -2.43. The average Bonchev–Trinajstić information content (AvgIpc) is 2.76.